The number of halogens is 2. The zero-order valence-electron chi connectivity index (χ0n) is 9.02. The molecular formula is C12H8FIN2O2. The molecule has 2 N–H and O–H groups in total. The van der Waals surface area contributed by atoms with Gasteiger partial charge in [0.2, 0.25) is 5.95 Å². The van der Waals surface area contributed by atoms with Gasteiger partial charge in [-0.25, -0.2) is 4.98 Å². The number of carbonyl (C=O) groups excluding carboxylic acids is 1. The van der Waals surface area contributed by atoms with E-state index in [0.717, 1.165) is 0 Å². The van der Waals surface area contributed by atoms with Crippen LogP contribution in [-0.4, -0.2) is 16.0 Å². The Morgan fingerprint density at radius 3 is 2.78 bits per heavy atom. The molecule has 0 aliphatic carbocycles. The van der Waals surface area contributed by atoms with Crippen molar-refractivity contribution in [2.45, 2.75) is 0 Å². The Balaban J connectivity index is 2.19. The van der Waals surface area contributed by atoms with E-state index in [-0.39, 0.29) is 17.1 Å². The second-order valence-corrected chi connectivity index (χ2v) is 4.63. The molecule has 0 aliphatic rings. The SMILES string of the molecule is O=C(Nc1cccc(F)n1)c1ccc(I)c(O)c1. The summed E-state index contributed by atoms with van der Waals surface area (Å²) < 4.78 is 13.5. The van der Waals surface area contributed by atoms with Crippen molar-refractivity contribution in [1.82, 2.24) is 4.98 Å². The van der Waals surface area contributed by atoms with Crippen molar-refractivity contribution in [3.05, 3.63) is 51.5 Å². The number of nitrogens with one attached hydrogen (secondary N) is 1. The minimum atomic E-state index is -0.668. The monoisotopic (exact) mass is 358 g/mol. The Labute approximate surface area is 116 Å². The Morgan fingerprint density at radius 2 is 2.11 bits per heavy atom. The number of carbonyl (C=O) groups is 1. The van der Waals surface area contributed by atoms with Gasteiger partial charge in [-0.2, -0.15) is 4.39 Å². The van der Waals surface area contributed by atoms with E-state index in [9.17, 15) is 14.3 Å². The number of phenols is 1. The van der Waals surface area contributed by atoms with E-state index in [1.807, 2.05) is 22.6 Å². The molecule has 4 nitrogen and oxygen atoms in total. The number of phenolic OH excluding ortho intramolecular Hbond substituents is 1. The largest absolute Gasteiger partial charge is 0.507 e. The number of hydrogen-bond acceptors (Lipinski definition) is 3. The molecule has 0 spiro atoms. The summed E-state index contributed by atoms with van der Waals surface area (Å²) in [5, 5.41) is 11.9. The lowest BCUT2D eigenvalue weighted by Gasteiger charge is -2.05. The van der Waals surface area contributed by atoms with Gasteiger partial charge in [0.1, 0.15) is 11.6 Å². The van der Waals surface area contributed by atoms with E-state index < -0.39 is 11.9 Å². The third kappa shape index (κ3) is 2.95. The van der Waals surface area contributed by atoms with Gasteiger partial charge in [0.05, 0.1) is 3.57 Å². The van der Waals surface area contributed by atoms with E-state index in [1.165, 1.54) is 24.3 Å². The highest BCUT2D eigenvalue weighted by molar-refractivity contribution is 14.1. The minimum Gasteiger partial charge on any atom is -0.507 e. The van der Waals surface area contributed by atoms with Crippen molar-refractivity contribution in [2.75, 3.05) is 5.32 Å². The zero-order valence-corrected chi connectivity index (χ0v) is 11.2. The van der Waals surface area contributed by atoms with Crippen LogP contribution in [-0.2, 0) is 0 Å². The molecule has 1 amide bonds. The first kappa shape index (κ1) is 12.7. The van der Waals surface area contributed by atoms with E-state index >= 15 is 0 Å². The maximum absolute atomic E-state index is 12.8. The van der Waals surface area contributed by atoms with E-state index in [2.05, 4.69) is 10.3 Å². The predicted molar refractivity (Wildman–Crippen MR) is 73.0 cm³/mol. The number of aromatic hydroxyl groups is 1. The minimum absolute atomic E-state index is 0.0236. The van der Waals surface area contributed by atoms with Gasteiger partial charge in [0.15, 0.2) is 0 Å². The van der Waals surface area contributed by atoms with Crippen molar-refractivity contribution in [3.63, 3.8) is 0 Å². The number of benzene rings is 1. The highest BCUT2D eigenvalue weighted by Crippen LogP contribution is 2.20. The van der Waals surface area contributed by atoms with E-state index in [0.29, 0.717) is 3.57 Å². The van der Waals surface area contributed by atoms with Crippen molar-refractivity contribution >= 4 is 34.3 Å². The summed E-state index contributed by atoms with van der Waals surface area (Å²) in [6.07, 6.45) is 0. The topological polar surface area (TPSA) is 62.2 Å². The summed E-state index contributed by atoms with van der Waals surface area (Å²) in [6, 6.07) is 8.64. The lowest BCUT2D eigenvalue weighted by atomic mass is 10.2. The van der Waals surface area contributed by atoms with Gasteiger partial charge in [-0.05, 0) is 52.9 Å². The number of amides is 1. The van der Waals surface area contributed by atoms with E-state index in [1.54, 1.807) is 12.1 Å². The summed E-state index contributed by atoms with van der Waals surface area (Å²) in [6.45, 7) is 0. The number of nitrogens with zero attached hydrogens (tertiary/aromatic N) is 1. The summed E-state index contributed by atoms with van der Waals surface area (Å²) in [5.41, 5.74) is 0.277. The van der Waals surface area contributed by atoms with Gasteiger partial charge < -0.3 is 10.4 Å². The molecule has 0 saturated carbocycles. The van der Waals surface area contributed by atoms with Crippen LogP contribution in [0.5, 0.6) is 5.75 Å². The Hall–Kier alpha value is -1.70. The molecule has 0 aliphatic heterocycles. The normalized spacial score (nSPS) is 10.1. The smallest absolute Gasteiger partial charge is 0.256 e. The molecule has 1 aromatic heterocycles. The standard InChI is InChI=1S/C12H8FIN2O2/c13-10-2-1-3-11(15-10)16-12(18)7-4-5-8(14)9(17)6-7/h1-6,17H,(H,15,16,18). The molecule has 2 rings (SSSR count). The number of rotatable bonds is 2. The molecule has 1 aromatic carbocycles. The molecular weight excluding hydrogens is 350 g/mol. The molecule has 0 atom stereocenters. The second kappa shape index (κ2) is 5.30. The zero-order chi connectivity index (χ0) is 13.1. The van der Waals surface area contributed by atoms with Crippen molar-refractivity contribution in [3.8, 4) is 5.75 Å². The van der Waals surface area contributed by atoms with Crippen molar-refractivity contribution in [2.24, 2.45) is 0 Å². The fraction of sp³-hybridized carbons (Fsp3) is 0. The quantitative estimate of drug-likeness (QED) is 0.641. The highest BCUT2D eigenvalue weighted by atomic mass is 127. The summed E-state index contributed by atoms with van der Waals surface area (Å²) in [7, 11) is 0. The number of hydrogen-bond donors (Lipinski definition) is 2. The fourth-order valence-electron chi connectivity index (χ4n) is 1.32. The average Bonchev–Trinajstić information content (AvgIpc) is 2.32. The molecule has 18 heavy (non-hydrogen) atoms. The van der Waals surface area contributed by atoms with Crippen LogP contribution in [0.25, 0.3) is 0 Å². The number of pyridine rings is 1. The molecule has 0 fully saturated rings. The van der Waals surface area contributed by atoms with Gasteiger partial charge in [-0.3, -0.25) is 4.79 Å². The third-order valence-electron chi connectivity index (χ3n) is 2.17. The highest BCUT2D eigenvalue weighted by Gasteiger charge is 2.09. The van der Waals surface area contributed by atoms with Gasteiger partial charge in [-0.1, -0.05) is 6.07 Å². The number of aromatic nitrogens is 1. The molecule has 0 bridgehead atoms. The van der Waals surface area contributed by atoms with Gasteiger partial charge in [0.25, 0.3) is 5.91 Å². The fourth-order valence-corrected chi connectivity index (χ4v) is 1.66. The number of anilines is 1. The summed E-state index contributed by atoms with van der Waals surface area (Å²) in [5.74, 6) is -0.980. The van der Waals surface area contributed by atoms with Crippen molar-refractivity contribution in [1.29, 1.82) is 0 Å². The van der Waals surface area contributed by atoms with Crippen LogP contribution in [0.2, 0.25) is 0 Å². The molecule has 92 valence electrons. The lowest BCUT2D eigenvalue weighted by molar-refractivity contribution is 0.102. The Morgan fingerprint density at radius 1 is 1.33 bits per heavy atom. The molecule has 0 unspecified atom stereocenters. The van der Waals surface area contributed by atoms with Gasteiger partial charge >= 0.3 is 0 Å². The Kier molecular flexibility index (Phi) is 3.75. The average molecular weight is 358 g/mol. The van der Waals surface area contributed by atoms with Crippen LogP contribution < -0.4 is 5.32 Å². The van der Waals surface area contributed by atoms with Gasteiger partial charge in [0, 0.05) is 5.56 Å². The van der Waals surface area contributed by atoms with Crippen LogP contribution in [0.1, 0.15) is 10.4 Å². The maximum atomic E-state index is 12.8. The van der Waals surface area contributed by atoms with Crippen LogP contribution >= 0.6 is 22.6 Å². The third-order valence-corrected chi connectivity index (χ3v) is 3.08. The van der Waals surface area contributed by atoms with Crippen LogP contribution in [0.4, 0.5) is 10.2 Å². The summed E-state index contributed by atoms with van der Waals surface area (Å²) in [4.78, 5) is 15.3. The molecule has 1 heterocycles. The molecule has 2 aromatic rings. The Bertz CT molecular complexity index is 604. The van der Waals surface area contributed by atoms with Gasteiger partial charge in [-0.15, -0.1) is 0 Å². The van der Waals surface area contributed by atoms with Crippen molar-refractivity contribution < 1.29 is 14.3 Å². The first-order valence-corrected chi connectivity index (χ1v) is 6.06. The first-order valence-electron chi connectivity index (χ1n) is 4.98. The summed E-state index contributed by atoms with van der Waals surface area (Å²) >= 11 is 1.95. The van der Waals surface area contributed by atoms with E-state index in [4.69, 9.17) is 0 Å². The van der Waals surface area contributed by atoms with Crippen LogP contribution in [0.15, 0.2) is 36.4 Å². The van der Waals surface area contributed by atoms with Crippen LogP contribution in [0, 0.1) is 9.52 Å². The molecule has 0 saturated heterocycles. The molecule has 0 radical (unpaired) electrons. The first-order chi connectivity index (χ1) is 8.56. The maximum Gasteiger partial charge on any atom is 0.256 e. The second-order valence-electron chi connectivity index (χ2n) is 3.47. The van der Waals surface area contributed by atoms with Crippen LogP contribution in [0.3, 0.4) is 0 Å². The lowest BCUT2D eigenvalue weighted by Crippen LogP contribution is -2.13. The predicted octanol–water partition coefficient (Wildman–Crippen LogP) is 2.78. The molecule has 6 heteroatoms.